The smallest absolute Gasteiger partial charge is 0.213 e. The molecule has 6 nitrogen and oxygen atoms in total. The topological polar surface area (TPSA) is 62.9 Å². The van der Waals surface area contributed by atoms with Gasteiger partial charge in [-0.3, -0.25) is 4.99 Å². The average Bonchev–Trinajstić information content (AvgIpc) is 3.05. The van der Waals surface area contributed by atoms with Gasteiger partial charge < -0.3 is 19.4 Å². The first-order chi connectivity index (χ1) is 11.8. The normalized spacial score (nSPS) is 11.7. The molecular formula is C19H29IN4O2. The first-order valence-corrected chi connectivity index (χ1v) is 8.33. The summed E-state index contributed by atoms with van der Waals surface area (Å²) < 4.78 is 11.0. The summed E-state index contributed by atoms with van der Waals surface area (Å²) in [5.74, 6) is 3.17. The summed E-state index contributed by atoms with van der Waals surface area (Å²) in [6.07, 6.45) is 1.79. The molecule has 0 fully saturated rings. The molecule has 144 valence electrons. The van der Waals surface area contributed by atoms with Crippen molar-refractivity contribution in [3.05, 3.63) is 47.7 Å². The van der Waals surface area contributed by atoms with Gasteiger partial charge in [0.2, 0.25) is 5.89 Å². The second-order valence-corrected chi connectivity index (χ2v) is 6.97. The minimum Gasteiger partial charge on any atom is -0.497 e. The zero-order chi connectivity index (χ0) is 18.4. The van der Waals surface area contributed by atoms with E-state index in [9.17, 15) is 0 Å². The van der Waals surface area contributed by atoms with Crippen LogP contribution in [0.1, 0.15) is 38.0 Å². The maximum atomic E-state index is 5.81. The number of nitrogens with one attached hydrogen (secondary N) is 1. The molecule has 26 heavy (non-hydrogen) atoms. The molecule has 1 N–H and O–H groups in total. The minimum atomic E-state index is -0.0436. The third kappa shape index (κ3) is 6.19. The Hall–Kier alpha value is -1.77. The zero-order valence-corrected chi connectivity index (χ0v) is 18.7. The lowest BCUT2D eigenvalue weighted by Crippen LogP contribution is -2.38. The highest BCUT2D eigenvalue weighted by atomic mass is 127. The molecule has 0 radical (unpaired) electrons. The third-order valence-corrected chi connectivity index (χ3v) is 3.84. The van der Waals surface area contributed by atoms with Crippen LogP contribution in [-0.2, 0) is 18.5 Å². The van der Waals surface area contributed by atoms with Gasteiger partial charge >= 0.3 is 0 Å². The molecule has 0 spiro atoms. The highest BCUT2D eigenvalue weighted by Gasteiger charge is 2.19. The molecule has 0 bridgehead atoms. The van der Waals surface area contributed by atoms with Gasteiger partial charge in [0.15, 0.2) is 5.96 Å². The predicted molar refractivity (Wildman–Crippen MR) is 115 cm³/mol. The monoisotopic (exact) mass is 472 g/mol. The summed E-state index contributed by atoms with van der Waals surface area (Å²) >= 11 is 0. The molecule has 1 heterocycles. The Labute approximate surface area is 173 Å². The standard InChI is InChI=1S/C19H28N4O2.HI/c1-19(2,3)16-11-21-17(25-16)12-22-18(20-4)23(5)13-14-7-9-15(24-6)10-8-14;/h7-11H,12-13H2,1-6H3,(H,20,22);1H. The molecule has 0 atom stereocenters. The lowest BCUT2D eigenvalue weighted by atomic mass is 9.94. The fraction of sp³-hybridized carbons (Fsp3) is 0.474. The van der Waals surface area contributed by atoms with E-state index in [1.54, 1.807) is 20.4 Å². The molecule has 0 unspecified atom stereocenters. The van der Waals surface area contributed by atoms with Crippen LogP contribution >= 0.6 is 24.0 Å². The molecule has 2 aromatic rings. The number of benzene rings is 1. The first-order valence-electron chi connectivity index (χ1n) is 8.33. The average molecular weight is 472 g/mol. The molecule has 7 heteroatoms. The van der Waals surface area contributed by atoms with Crippen LogP contribution in [0.3, 0.4) is 0 Å². The molecular weight excluding hydrogens is 443 g/mol. The van der Waals surface area contributed by atoms with Crippen LogP contribution in [0.2, 0.25) is 0 Å². The Kier molecular flexibility index (Phi) is 8.39. The molecule has 2 rings (SSSR count). The van der Waals surface area contributed by atoms with Gasteiger partial charge in [0.25, 0.3) is 0 Å². The highest BCUT2D eigenvalue weighted by molar-refractivity contribution is 14.0. The number of oxazole rings is 1. The second-order valence-electron chi connectivity index (χ2n) is 6.97. The minimum absolute atomic E-state index is 0. The lowest BCUT2D eigenvalue weighted by Gasteiger charge is -2.21. The number of guanidine groups is 1. The number of nitrogens with zero attached hydrogens (tertiary/aromatic N) is 3. The Morgan fingerprint density at radius 3 is 2.42 bits per heavy atom. The van der Waals surface area contributed by atoms with Crippen molar-refractivity contribution in [3.8, 4) is 5.75 Å². The molecule has 1 aromatic heterocycles. The fourth-order valence-corrected chi connectivity index (χ4v) is 2.36. The van der Waals surface area contributed by atoms with Gasteiger partial charge in [-0.1, -0.05) is 32.9 Å². The van der Waals surface area contributed by atoms with E-state index in [2.05, 4.69) is 41.0 Å². The number of aromatic nitrogens is 1. The quantitative estimate of drug-likeness (QED) is 0.408. The Morgan fingerprint density at radius 2 is 1.92 bits per heavy atom. The number of aliphatic imine (C=N–C) groups is 1. The van der Waals surface area contributed by atoms with Crippen molar-refractivity contribution in [1.82, 2.24) is 15.2 Å². The summed E-state index contributed by atoms with van der Waals surface area (Å²) in [7, 11) is 5.43. The van der Waals surface area contributed by atoms with E-state index in [-0.39, 0.29) is 29.4 Å². The molecule has 0 saturated carbocycles. The lowest BCUT2D eigenvalue weighted by molar-refractivity contribution is 0.376. The van der Waals surface area contributed by atoms with Crippen LogP contribution in [0.5, 0.6) is 5.75 Å². The van der Waals surface area contributed by atoms with Crippen molar-refractivity contribution in [2.24, 2.45) is 4.99 Å². The van der Waals surface area contributed by atoms with E-state index in [4.69, 9.17) is 9.15 Å². The van der Waals surface area contributed by atoms with Crippen LogP contribution < -0.4 is 10.1 Å². The summed E-state index contributed by atoms with van der Waals surface area (Å²) in [4.78, 5) is 10.7. The summed E-state index contributed by atoms with van der Waals surface area (Å²) in [6, 6.07) is 8.01. The number of methoxy groups -OCH3 is 1. The van der Waals surface area contributed by atoms with Crippen molar-refractivity contribution in [1.29, 1.82) is 0 Å². The van der Waals surface area contributed by atoms with Crippen molar-refractivity contribution >= 4 is 29.9 Å². The summed E-state index contributed by atoms with van der Waals surface area (Å²) in [5, 5.41) is 3.29. The number of rotatable bonds is 5. The maximum absolute atomic E-state index is 5.81. The van der Waals surface area contributed by atoms with E-state index >= 15 is 0 Å². The van der Waals surface area contributed by atoms with Gasteiger partial charge in [-0.2, -0.15) is 0 Å². The van der Waals surface area contributed by atoms with E-state index in [1.165, 1.54) is 5.56 Å². The molecule has 0 amide bonds. The van der Waals surface area contributed by atoms with Gasteiger partial charge in [-0.05, 0) is 17.7 Å². The Balaban J connectivity index is 0.00000338. The number of ether oxygens (including phenoxy) is 1. The van der Waals surface area contributed by atoms with Gasteiger partial charge in [0, 0.05) is 26.1 Å². The zero-order valence-electron chi connectivity index (χ0n) is 16.4. The van der Waals surface area contributed by atoms with Crippen LogP contribution in [0, 0.1) is 0 Å². The number of hydrogen-bond acceptors (Lipinski definition) is 4. The van der Waals surface area contributed by atoms with E-state index < -0.39 is 0 Å². The molecule has 0 aliphatic carbocycles. The third-order valence-electron chi connectivity index (χ3n) is 3.84. The van der Waals surface area contributed by atoms with Crippen LogP contribution in [0.15, 0.2) is 39.9 Å². The summed E-state index contributed by atoms with van der Waals surface area (Å²) in [5.41, 5.74) is 1.13. The van der Waals surface area contributed by atoms with Gasteiger partial charge in [0.1, 0.15) is 11.5 Å². The molecule has 1 aromatic carbocycles. The van der Waals surface area contributed by atoms with Crippen molar-refractivity contribution in [2.45, 2.75) is 39.3 Å². The number of hydrogen-bond donors (Lipinski definition) is 1. The van der Waals surface area contributed by atoms with E-state index in [0.717, 1.165) is 24.0 Å². The first kappa shape index (κ1) is 22.3. The van der Waals surface area contributed by atoms with Crippen LogP contribution in [0.4, 0.5) is 0 Å². The van der Waals surface area contributed by atoms with Crippen molar-refractivity contribution in [3.63, 3.8) is 0 Å². The van der Waals surface area contributed by atoms with Gasteiger partial charge in [-0.15, -0.1) is 24.0 Å². The Morgan fingerprint density at radius 1 is 1.27 bits per heavy atom. The van der Waals surface area contributed by atoms with E-state index in [0.29, 0.717) is 12.4 Å². The van der Waals surface area contributed by atoms with Crippen molar-refractivity contribution in [2.75, 3.05) is 21.2 Å². The van der Waals surface area contributed by atoms with Crippen LogP contribution in [-0.4, -0.2) is 37.0 Å². The van der Waals surface area contributed by atoms with Gasteiger partial charge in [0.05, 0.1) is 19.9 Å². The number of halogens is 1. The summed E-state index contributed by atoms with van der Waals surface area (Å²) in [6.45, 7) is 7.54. The molecule has 0 saturated heterocycles. The Bertz CT molecular complexity index is 705. The predicted octanol–water partition coefficient (Wildman–Crippen LogP) is 3.81. The van der Waals surface area contributed by atoms with E-state index in [1.807, 2.05) is 31.3 Å². The molecule has 0 aliphatic rings. The maximum Gasteiger partial charge on any atom is 0.213 e. The highest BCUT2D eigenvalue weighted by Crippen LogP contribution is 2.22. The largest absolute Gasteiger partial charge is 0.497 e. The van der Waals surface area contributed by atoms with Crippen molar-refractivity contribution < 1.29 is 9.15 Å². The van der Waals surface area contributed by atoms with Gasteiger partial charge in [-0.25, -0.2) is 4.98 Å². The SMILES string of the molecule is CN=C(NCc1ncc(C(C)(C)C)o1)N(C)Cc1ccc(OC)cc1.I. The fourth-order valence-electron chi connectivity index (χ4n) is 2.36. The second kappa shape index (κ2) is 9.80. The van der Waals surface area contributed by atoms with Crippen LogP contribution in [0.25, 0.3) is 0 Å². The molecule has 0 aliphatic heterocycles.